The van der Waals surface area contributed by atoms with Gasteiger partial charge < -0.3 is 10.2 Å². The van der Waals surface area contributed by atoms with Crippen molar-refractivity contribution < 1.29 is 22.4 Å². The van der Waals surface area contributed by atoms with Crippen molar-refractivity contribution in [1.82, 2.24) is 14.5 Å². The summed E-state index contributed by atoms with van der Waals surface area (Å²) in [7, 11) is -1.38. The van der Waals surface area contributed by atoms with Crippen LogP contribution in [-0.2, 0) is 26.3 Å². The smallest absolute Gasteiger partial charge is 0.304 e. The zero-order valence-electron chi connectivity index (χ0n) is 18.7. The third-order valence-corrected chi connectivity index (χ3v) is 6.67. The van der Waals surface area contributed by atoms with Crippen LogP contribution in [-0.4, -0.2) is 62.7 Å². The normalized spacial score (nSPS) is 12.3. The lowest BCUT2D eigenvalue weighted by Gasteiger charge is -2.32. The molecular formula is C22H29FN4O4S. The molecule has 32 heavy (non-hydrogen) atoms. The molecule has 2 rings (SSSR count). The minimum absolute atomic E-state index is 0.122. The van der Waals surface area contributed by atoms with Crippen LogP contribution in [0.5, 0.6) is 0 Å². The van der Waals surface area contributed by atoms with Gasteiger partial charge in [0.05, 0.1) is 5.69 Å². The second kappa shape index (κ2) is 11.1. The average Bonchev–Trinajstić information content (AvgIpc) is 2.76. The molecule has 10 heteroatoms. The van der Waals surface area contributed by atoms with Crippen LogP contribution < -0.4 is 9.62 Å². The minimum Gasteiger partial charge on any atom is -0.355 e. The first-order valence-electron chi connectivity index (χ1n) is 10.1. The van der Waals surface area contributed by atoms with Gasteiger partial charge in [-0.15, -0.1) is 0 Å². The van der Waals surface area contributed by atoms with E-state index >= 15 is 0 Å². The van der Waals surface area contributed by atoms with Crippen molar-refractivity contribution in [3.05, 3.63) is 66.0 Å². The molecule has 0 saturated heterocycles. The third kappa shape index (κ3) is 6.27. The van der Waals surface area contributed by atoms with Gasteiger partial charge in [-0.3, -0.25) is 9.59 Å². The second-order valence-electron chi connectivity index (χ2n) is 7.35. The highest BCUT2D eigenvalue weighted by Gasteiger charge is 2.32. The first-order chi connectivity index (χ1) is 15.1. The molecule has 0 aliphatic heterocycles. The fraction of sp³-hybridized carbons (Fsp3) is 0.364. The molecule has 174 valence electrons. The Morgan fingerprint density at radius 1 is 1.03 bits per heavy atom. The van der Waals surface area contributed by atoms with E-state index in [-0.39, 0.29) is 18.1 Å². The SMILES string of the molecule is CCNC(=O)[C@@H](C)N(Cc1ccccc1)C(=O)CN(c1ccc(F)cc1)S(=O)(=O)N(C)C. The summed E-state index contributed by atoms with van der Waals surface area (Å²) in [6.07, 6.45) is 0. The number of likely N-dealkylation sites (N-methyl/N-ethyl adjacent to an activating group) is 1. The summed E-state index contributed by atoms with van der Waals surface area (Å²) >= 11 is 0. The number of carbonyl (C=O) groups excluding carboxylic acids is 2. The molecule has 0 bridgehead atoms. The van der Waals surface area contributed by atoms with E-state index in [1.54, 1.807) is 13.8 Å². The first kappa shape index (κ1) is 25.3. The minimum atomic E-state index is -4.07. The Hall–Kier alpha value is -2.98. The number of halogens is 1. The summed E-state index contributed by atoms with van der Waals surface area (Å²) in [5.41, 5.74) is 0.930. The van der Waals surface area contributed by atoms with E-state index in [0.717, 1.165) is 26.3 Å². The monoisotopic (exact) mass is 464 g/mol. The molecule has 0 radical (unpaired) electrons. The molecule has 2 aromatic rings. The molecule has 0 unspecified atom stereocenters. The molecule has 2 amide bonds. The van der Waals surface area contributed by atoms with Crippen molar-refractivity contribution in [2.45, 2.75) is 26.4 Å². The number of hydrogen-bond acceptors (Lipinski definition) is 4. The van der Waals surface area contributed by atoms with Crippen molar-refractivity contribution in [1.29, 1.82) is 0 Å². The summed E-state index contributed by atoms with van der Waals surface area (Å²) in [6, 6.07) is 13.1. The number of anilines is 1. The lowest BCUT2D eigenvalue weighted by molar-refractivity contribution is -0.139. The van der Waals surface area contributed by atoms with Gasteiger partial charge in [0.1, 0.15) is 18.4 Å². The molecule has 2 aromatic carbocycles. The van der Waals surface area contributed by atoms with E-state index in [4.69, 9.17) is 0 Å². The molecule has 1 atom stereocenters. The maximum atomic E-state index is 13.4. The summed E-state index contributed by atoms with van der Waals surface area (Å²) in [5.74, 6) is -1.44. The molecule has 0 fully saturated rings. The highest BCUT2D eigenvalue weighted by Crippen LogP contribution is 2.21. The van der Waals surface area contributed by atoms with E-state index in [0.29, 0.717) is 6.54 Å². The molecule has 0 heterocycles. The summed E-state index contributed by atoms with van der Waals surface area (Å²) < 4.78 is 41.2. The summed E-state index contributed by atoms with van der Waals surface area (Å²) in [6.45, 7) is 3.33. The van der Waals surface area contributed by atoms with Crippen LogP contribution in [0.3, 0.4) is 0 Å². The van der Waals surface area contributed by atoms with Gasteiger partial charge in [0, 0.05) is 27.2 Å². The molecule has 0 spiro atoms. The Kier molecular flexibility index (Phi) is 8.73. The largest absolute Gasteiger partial charge is 0.355 e. The van der Waals surface area contributed by atoms with Crippen molar-refractivity contribution in [2.24, 2.45) is 0 Å². The number of amides is 2. The lowest BCUT2D eigenvalue weighted by Crippen LogP contribution is -2.52. The lowest BCUT2D eigenvalue weighted by atomic mass is 10.1. The van der Waals surface area contributed by atoms with Gasteiger partial charge in [-0.25, -0.2) is 8.70 Å². The Labute approximate surface area is 188 Å². The fourth-order valence-electron chi connectivity index (χ4n) is 3.01. The summed E-state index contributed by atoms with van der Waals surface area (Å²) in [4.78, 5) is 27.2. The van der Waals surface area contributed by atoms with E-state index in [2.05, 4.69) is 5.32 Å². The quantitative estimate of drug-likeness (QED) is 0.582. The fourth-order valence-corrected chi connectivity index (χ4v) is 4.06. The Morgan fingerprint density at radius 2 is 1.62 bits per heavy atom. The Balaban J connectivity index is 2.41. The molecule has 1 N–H and O–H groups in total. The first-order valence-corrected chi connectivity index (χ1v) is 11.5. The molecule has 8 nitrogen and oxygen atoms in total. The molecule has 0 aliphatic rings. The van der Waals surface area contributed by atoms with Crippen LogP contribution in [0.1, 0.15) is 19.4 Å². The van der Waals surface area contributed by atoms with Crippen LogP contribution in [0.4, 0.5) is 10.1 Å². The third-order valence-electron chi connectivity index (χ3n) is 4.85. The van der Waals surface area contributed by atoms with Crippen LogP contribution >= 0.6 is 0 Å². The van der Waals surface area contributed by atoms with Gasteiger partial charge in [0.25, 0.3) is 0 Å². The van der Waals surface area contributed by atoms with E-state index in [9.17, 15) is 22.4 Å². The van der Waals surface area contributed by atoms with Gasteiger partial charge in [-0.1, -0.05) is 30.3 Å². The number of nitrogens with zero attached hydrogens (tertiary/aromatic N) is 3. The molecule has 0 aromatic heterocycles. The van der Waals surface area contributed by atoms with Crippen molar-refractivity contribution in [3.63, 3.8) is 0 Å². The van der Waals surface area contributed by atoms with Crippen LogP contribution in [0, 0.1) is 5.82 Å². The predicted molar refractivity (Wildman–Crippen MR) is 121 cm³/mol. The maximum absolute atomic E-state index is 13.4. The zero-order valence-corrected chi connectivity index (χ0v) is 19.5. The summed E-state index contributed by atoms with van der Waals surface area (Å²) in [5, 5.41) is 2.69. The van der Waals surface area contributed by atoms with Crippen LogP contribution in [0.25, 0.3) is 0 Å². The molecule has 0 saturated carbocycles. The number of benzene rings is 2. The number of nitrogens with one attached hydrogen (secondary N) is 1. The van der Waals surface area contributed by atoms with E-state index < -0.39 is 34.5 Å². The Bertz CT molecular complexity index is 1010. The van der Waals surface area contributed by atoms with Crippen molar-refractivity contribution >= 4 is 27.7 Å². The molecular weight excluding hydrogens is 435 g/mol. The number of rotatable bonds is 10. The van der Waals surface area contributed by atoms with Gasteiger partial charge in [0.15, 0.2) is 0 Å². The van der Waals surface area contributed by atoms with Gasteiger partial charge in [-0.2, -0.15) is 12.7 Å². The topological polar surface area (TPSA) is 90.0 Å². The number of hydrogen-bond donors (Lipinski definition) is 1. The van der Waals surface area contributed by atoms with E-state index in [1.165, 1.54) is 31.1 Å². The standard InChI is InChI=1S/C22H29FN4O4S/c1-5-24-22(29)17(2)26(15-18-9-7-6-8-10-18)21(28)16-27(32(30,31)25(3)4)20-13-11-19(23)12-14-20/h6-14,17H,5,15-16H2,1-4H3,(H,24,29)/t17-/m1/s1. The van der Waals surface area contributed by atoms with Gasteiger partial charge in [-0.05, 0) is 43.7 Å². The zero-order chi connectivity index (χ0) is 23.9. The average molecular weight is 465 g/mol. The van der Waals surface area contributed by atoms with Crippen molar-refractivity contribution in [3.8, 4) is 0 Å². The highest BCUT2D eigenvalue weighted by molar-refractivity contribution is 7.90. The maximum Gasteiger partial charge on any atom is 0.304 e. The molecule has 0 aliphatic carbocycles. The van der Waals surface area contributed by atoms with Gasteiger partial charge in [0.2, 0.25) is 11.8 Å². The van der Waals surface area contributed by atoms with Crippen molar-refractivity contribution in [2.75, 3.05) is 31.5 Å². The van der Waals surface area contributed by atoms with Crippen LogP contribution in [0.2, 0.25) is 0 Å². The predicted octanol–water partition coefficient (Wildman–Crippen LogP) is 1.99. The van der Waals surface area contributed by atoms with Crippen LogP contribution in [0.15, 0.2) is 54.6 Å². The second-order valence-corrected chi connectivity index (χ2v) is 9.42. The highest BCUT2D eigenvalue weighted by atomic mass is 32.2. The number of carbonyl (C=O) groups is 2. The van der Waals surface area contributed by atoms with Gasteiger partial charge >= 0.3 is 10.2 Å². The van der Waals surface area contributed by atoms with E-state index in [1.807, 2.05) is 30.3 Å². The Morgan fingerprint density at radius 3 is 2.16 bits per heavy atom.